The van der Waals surface area contributed by atoms with E-state index in [1.54, 1.807) is 59.1 Å². The van der Waals surface area contributed by atoms with Crippen LogP contribution in [-0.2, 0) is 33.8 Å². The number of esters is 2. The highest BCUT2D eigenvalue weighted by molar-refractivity contribution is 8.00. The second kappa shape index (κ2) is 16.7. The number of ether oxygens (including phenoxy) is 3. The van der Waals surface area contributed by atoms with Gasteiger partial charge >= 0.3 is 11.9 Å². The highest BCUT2D eigenvalue weighted by Crippen LogP contribution is 2.35. The molecule has 2 heterocycles. The molecule has 0 aliphatic carbocycles. The first-order chi connectivity index (χ1) is 22.7. The summed E-state index contributed by atoms with van der Waals surface area (Å²) >= 11 is 2.15. The Morgan fingerprint density at radius 1 is 0.957 bits per heavy atom. The normalized spacial score (nSPS) is 11.4. The first-order valence-electron chi connectivity index (χ1n) is 15.0. The van der Waals surface area contributed by atoms with Crippen LogP contribution in [-0.4, -0.2) is 64.1 Å². The zero-order valence-electron chi connectivity index (χ0n) is 26.8. The Balaban J connectivity index is 1.53. The topological polar surface area (TPSA) is 151 Å². The van der Waals surface area contributed by atoms with Gasteiger partial charge in [0.1, 0.15) is 15.6 Å². The molecule has 14 heteroatoms. The lowest BCUT2D eigenvalue weighted by Crippen LogP contribution is -2.25. The number of hydrogen-bond donors (Lipinski definition) is 2. The summed E-state index contributed by atoms with van der Waals surface area (Å²) in [7, 11) is 1.56. The van der Waals surface area contributed by atoms with Crippen LogP contribution in [0.1, 0.15) is 68.1 Å². The summed E-state index contributed by atoms with van der Waals surface area (Å²) in [6.07, 6.45) is 0.667. The summed E-state index contributed by atoms with van der Waals surface area (Å²) in [5, 5.41) is 14.4. The van der Waals surface area contributed by atoms with Crippen molar-refractivity contribution in [1.29, 1.82) is 0 Å². The molecule has 4 aromatic rings. The van der Waals surface area contributed by atoms with E-state index in [-0.39, 0.29) is 41.1 Å². The molecule has 2 aromatic heterocycles. The minimum absolute atomic E-state index is 0.113. The summed E-state index contributed by atoms with van der Waals surface area (Å²) in [5.74, 6) is -0.749. The predicted octanol–water partition coefficient (Wildman–Crippen LogP) is 5.30. The number of aryl methyl sites for hydroxylation is 1. The van der Waals surface area contributed by atoms with Crippen molar-refractivity contribution in [3.63, 3.8) is 0 Å². The summed E-state index contributed by atoms with van der Waals surface area (Å²) in [4.78, 5) is 51.9. The van der Waals surface area contributed by atoms with Crippen molar-refractivity contribution in [2.24, 2.45) is 0 Å². The molecular weight excluding hydrogens is 643 g/mol. The van der Waals surface area contributed by atoms with Crippen molar-refractivity contribution in [1.82, 2.24) is 20.1 Å². The van der Waals surface area contributed by atoms with Crippen LogP contribution in [0.2, 0.25) is 0 Å². The van der Waals surface area contributed by atoms with E-state index in [9.17, 15) is 19.2 Å². The van der Waals surface area contributed by atoms with E-state index in [4.69, 9.17) is 14.2 Å². The van der Waals surface area contributed by atoms with Crippen LogP contribution in [0.4, 0.5) is 5.00 Å². The molecule has 248 valence electrons. The predicted molar refractivity (Wildman–Crippen MR) is 179 cm³/mol. The molecule has 0 aliphatic heterocycles. The van der Waals surface area contributed by atoms with E-state index in [1.807, 2.05) is 34.9 Å². The minimum atomic E-state index is -0.681. The molecule has 1 atom stereocenters. The lowest BCUT2D eigenvalue weighted by atomic mass is 10.1. The number of amides is 2. The molecule has 0 saturated carbocycles. The Morgan fingerprint density at radius 2 is 1.64 bits per heavy atom. The Hall–Kier alpha value is -4.69. The number of anilines is 1. The number of thiophene rings is 1. The third kappa shape index (κ3) is 8.98. The fourth-order valence-corrected chi connectivity index (χ4v) is 6.50. The van der Waals surface area contributed by atoms with E-state index in [2.05, 4.69) is 20.8 Å². The number of nitrogens with zero attached hydrogens (tertiary/aromatic N) is 3. The molecule has 4 rings (SSSR count). The van der Waals surface area contributed by atoms with E-state index in [1.165, 1.54) is 11.8 Å². The average Bonchev–Trinajstić information content (AvgIpc) is 3.62. The molecule has 12 nitrogen and oxygen atoms in total. The maximum atomic E-state index is 13.5. The minimum Gasteiger partial charge on any atom is -0.497 e. The number of thioether (sulfide) groups is 1. The van der Waals surface area contributed by atoms with Crippen LogP contribution in [0.5, 0.6) is 5.75 Å². The maximum Gasteiger partial charge on any atom is 0.348 e. The van der Waals surface area contributed by atoms with Crippen molar-refractivity contribution in [3.8, 4) is 5.75 Å². The highest BCUT2D eigenvalue weighted by Gasteiger charge is 2.29. The van der Waals surface area contributed by atoms with Gasteiger partial charge in [-0.25, -0.2) is 9.59 Å². The SMILES string of the molecule is CCOC(=O)c1sc(NC(=O)[C@@H](C)Sc2nnc(CNC(=O)c3ccc(OC)cc3)n2CCc2ccccc2)c(C(=O)OCC)c1C. The van der Waals surface area contributed by atoms with Crippen molar-refractivity contribution in [3.05, 3.63) is 87.6 Å². The lowest BCUT2D eigenvalue weighted by Gasteiger charge is -2.14. The van der Waals surface area contributed by atoms with E-state index >= 15 is 0 Å². The lowest BCUT2D eigenvalue weighted by molar-refractivity contribution is -0.115. The molecule has 2 N–H and O–H groups in total. The maximum absolute atomic E-state index is 13.5. The summed E-state index contributed by atoms with van der Waals surface area (Å²) in [6.45, 7) is 7.60. The number of hydrogen-bond acceptors (Lipinski definition) is 11. The summed E-state index contributed by atoms with van der Waals surface area (Å²) in [6, 6.07) is 16.7. The molecule has 0 radical (unpaired) electrons. The van der Waals surface area contributed by atoms with Crippen molar-refractivity contribution < 1.29 is 33.4 Å². The second-order valence-electron chi connectivity index (χ2n) is 10.1. The fraction of sp³-hybridized carbons (Fsp3) is 0.333. The van der Waals surface area contributed by atoms with Gasteiger partial charge in [0.15, 0.2) is 11.0 Å². The fourth-order valence-electron chi connectivity index (χ4n) is 4.52. The molecule has 0 spiro atoms. The Morgan fingerprint density at radius 3 is 2.30 bits per heavy atom. The van der Waals surface area contributed by atoms with Gasteiger partial charge in [-0.15, -0.1) is 21.5 Å². The molecule has 2 amide bonds. The standard InChI is InChI=1S/C33H37N5O7S2/c1-6-44-31(41)26-20(3)27(32(42)45-7-2)47-30(26)35-28(39)21(4)46-33-37-36-25(38(33)18-17-22-11-9-8-10-12-22)19-34-29(40)23-13-15-24(43-5)16-14-23/h8-16,21H,6-7,17-19H2,1-5H3,(H,34,40)(H,35,39)/t21-/m1/s1. The van der Waals surface area contributed by atoms with E-state index in [0.29, 0.717) is 40.8 Å². The second-order valence-corrected chi connectivity index (χ2v) is 12.5. The van der Waals surface area contributed by atoms with E-state index in [0.717, 1.165) is 16.9 Å². The van der Waals surface area contributed by atoms with Crippen LogP contribution >= 0.6 is 23.1 Å². The molecule has 0 fully saturated rings. The van der Waals surface area contributed by atoms with E-state index < -0.39 is 23.1 Å². The Labute approximate surface area is 281 Å². The smallest absolute Gasteiger partial charge is 0.348 e. The van der Waals surface area contributed by atoms with Gasteiger partial charge in [0.2, 0.25) is 5.91 Å². The van der Waals surface area contributed by atoms with Crippen molar-refractivity contribution in [2.75, 3.05) is 25.6 Å². The van der Waals surface area contributed by atoms with Gasteiger partial charge in [0, 0.05) is 12.1 Å². The number of benzene rings is 2. The first kappa shape index (κ1) is 35.2. The van der Waals surface area contributed by atoms with Crippen LogP contribution in [0.15, 0.2) is 59.8 Å². The van der Waals surface area contributed by atoms with Crippen LogP contribution in [0.3, 0.4) is 0 Å². The van der Waals surface area contributed by atoms with Crippen molar-refractivity contribution >= 4 is 51.9 Å². The molecule has 0 bridgehead atoms. The molecule has 2 aromatic carbocycles. The van der Waals surface area contributed by atoms with Gasteiger partial charge < -0.3 is 29.4 Å². The Kier molecular flexibility index (Phi) is 12.5. The highest BCUT2D eigenvalue weighted by atomic mass is 32.2. The van der Waals surface area contributed by atoms with Gasteiger partial charge in [-0.05, 0) is 69.5 Å². The molecular formula is C33H37N5O7S2. The third-order valence-electron chi connectivity index (χ3n) is 6.99. The zero-order chi connectivity index (χ0) is 33.9. The summed E-state index contributed by atoms with van der Waals surface area (Å²) < 4.78 is 17.4. The van der Waals surface area contributed by atoms with Gasteiger partial charge in [0.25, 0.3) is 5.91 Å². The number of rotatable bonds is 15. The van der Waals surface area contributed by atoms with Crippen LogP contribution in [0.25, 0.3) is 0 Å². The molecule has 0 aliphatic rings. The number of aromatic nitrogens is 3. The summed E-state index contributed by atoms with van der Waals surface area (Å²) in [5.41, 5.74) is 2.07. The number of methoxy groups -OCH3 is 1. The number of carbonyl (C=O) groups is 4. The van der Waals surface area contributed by atoms with Gasteiger partial charge in [0.05, 0.1) is 37.7 Å². The van der Waals surface area contributed by atoms with Crippen molar-refractivity contribution in [2.45, 2.75) is 57.6 Å². The van der Waals surface area contributed by atoms with Crippen LogP contribution in [0, 0.1) is 6.92 Å². The zero-order valence-corrected chi connectivity index (χ0v) is 28.5. The molecule has 0 saturated heterocycles. The first-order valence-corrected chi connectivity index (χ1v) is 16.7. The van der Waals surface area contributed by atoms with Crippen LogP contribution < -0.4 is 15.4 Å². The number of nitrogens with one attached hydrogen (secondary N) is 2. The van der Waals surface area contributed by atoms with Gasteiger partial charge in [-0.2, -0.15) is 0 Å². The average molecular weight is 680 g/mol. The third-order valence-corrected chi connectivity index (χ3v) is 9.26. The molecule has 47 heavy (non-hydrogen) atoms. The monoisotopic (exact) mass is 679 g/mol. The number of carbonyl (C=O) groups excluding carboxylic acids is 4. The quantitative estimate of drug-likeness (QED) is 0.125. The Bertz CT molecular complexity index is 1700. The molecule has 0 unspecified atom stereocenters. The van der Waals surface area contributed by atoms with Gasteiger partial charge in [-0.1, -0.05) is 42.1 Å². The van der Waals surface area contributed by atoms with Gasteiger partial charge in [-0.3, -0.25) is 9.59 Å². The largest absolute Gasteiger partial charge is 0.497 e.